The van der Waals surface area contributed by atoms with Gasteiger partial charge < -0.3 is 24.3 Å². The average molecular weight is 325 g/mol. The number of carbonyl (C=O) groups is 2. The van der Waals surface area contributed by atoms with Crippen LogP contribution in [0.5, 0.6) is 0 Å². The Morgan fingerprint density at radius 2 is 1.10 bits per heavy atom. The normalized spacial score (nSPS) is 10.5. The maximum Gasteiger partial charge on any atom is 1.00 e. The number of carbonyl (C=O) groups excluding carboxylic acids is 2. The number of hydrogen-bond donors (Lipinski definition) is 0. The van der Waals surface area contributed by atoms with E-state index in [2.05, 4.69) is 27.7 Å². The molecule has 0 rings (SSSR count). The average Bonchev–Trinajstić information content (AvgIpc) is 2.38. The van der Waals surface area contributed by atoms with Crippen molar-refractivity contribution in [1.29, 1.82) is 0 Å². The fraction of sp³-hybridized carbons (Fsp3) is 0.733. The Kier molecular flexibility index (Phi) is 20.8. The molecule has 0 heterocycles. The number of aliphatic carboxylic acids is 2. The molecule has 118 valence electrons. The van der Waals surface area contributed by atoms with E-state index in [0.717, 1.165) is 0 Å². The number of quaternary nitrogens is 1. The minimum Gasteiger partial charge on any atom is -0.545 e. The van der Waals surface area contributed by atoms with Gasteiger partial charge in [0.1, 0.15) is 0 Å². The first-order chi connectivity index (χ1) is 9.37. The van der Waals surface area contributed by atoms with Gasteiger partial charge in [0.2, 0.25) is 0 Å². The molecule has 0 aromatic carbocycles. The summed E-state index contributed by atoms with van der Waals surface area (Å²) >= 11 is 0. The maximum absolute atomic E-state index is 9.41. The van der Waals surface area contributed by atoms with Crippen molar-refractivity contribution >= 4 is 11.9 Å². The molecule has 5 nitrogen and oxygen atoms in total. The fourth-order valence-corrected chi connectivity index (χ4v) is 2.37. The minimum absolute atomic E-state index is 0. The summed E-state index contributed by atoms with van der Waals surface area (Å²) in [6, 6.07) is 0. The van der Waals surface area contributed by atoms with Crippen molar-refractivity contribution in [1.82, 2.24) is 0 Å². The second kappa shape index (κ2) is 16.6. The standard InChI is InChI=1S/C11H26N.C4H4O4.K/c1-5-9-12(8-4,10-6-2)11-7-3;5-3(6)1-2-4(7)8;/h5-11H2,1-4H3;1-2H,(H,5,6)(H,7,8);/q+1;;+1/p-2/b;2-1-;. The largest absolute Gasteiger partial charge is 1.00 e. The molecule has 0 amide bonds. The molecular weight excluding hydrogens is 297 g/mol. The summed E-state index contributed by atoms with van der Waals surface area (Å²) < 4.78 is 1.35. The van der Waals surface area contributed by atoms with E-state index < -0.39 is 11.9 Å². The third-order valence-electron chi connectivity index (χ3n) is 3.12. The van der Waals surface area contributed by atoms with E-state index >= 15 is 0 Å². The molecule has 0 radical (unpaired) electrons. The van der Waals surface area contributed by atoms with Gasteiger partial charge in [-0.3, -0.25) is 0 Å². The molecule has 0 N–H and O–H groups in total. The van der Waals surface area contributed by atoms with E-state index in [4.69, 9.17) is 0 Å². The van der Waals surface area contributed by atoms with Gasteiger partial charge in [0.05, 0.1) is 38.1 Å². The third kappa shape index (κ3) is 16.5. The molecule has 0 aliphatic carbocycles. The van der Waals surface area contributed by atoms with E-state index in [1.165, 1.54) is 49.9 Å². The molecule has 0 saturated carbocycles. The van der Waals surface area contributed by atoms with Crippen molar-refractivity contribution in [3.8, 4) is 0 Å². The van der Waals surface area contributed by atoms with Crippen LogP contribution in [0.15, 0.2) is 12.2 Å². The van der Waals surface area contributed by atoms with E-state index in [-0.39, 0.29) is 51.4 Å². The molecule has 0 atom stereocenters. The van der Waals surface area contributed by atoms with E-state index in [1.807, 2.05) is 0 Å². The zero-order valence-corrected chi connectivity index (χ0v) is 17.3. The van der Waals surface area contributed by atoms with E-state index in [9.17, 15) is 19.8 Å². The first-order valence-corrected chi connectivity index (χ1v) is 7.32. The number of carboxylic acids is 2. The van der Waals surface area contributed by atoms with Crippen LogP contribution in [0.4, 0.5) is 0 Å². The quantitative estimate of drug-likeness (QED) is 0.259. The van der Waals surface area contributed by atoms with Gasteiger partial charge in [-0.2, -0.15) is 0 Å². The Balaban J connectivity index is -0.000000317. The number of rotatable bonds is 9. The van der Waals surface area contributed by atoms with Crippen molar-refractivity contribution in [3.05, 3.63) is 12.2 Å². The monoisotopic (exact) mass is 325 g/mol. The molecule has 0 aromatic rings. The molecule has 0 aromatic heterocycles. The number of carboxylic acid groups (broad SMARTS) is 2. The van der Waals surface area contributed by atoms with Crippen molar-refractivity contribution < 1.29 is 75.7 Å². The molecule has 0 fully saturated rings. The second-order valence-electron chi connectivity index (χ2n) is 4.80. The Bertz CT molecular complexity index is 273. The van der Waals surface area contributed by atoms with Crippen LogP contribution in [-0.2, 0) is 9.59 Å². The van der Waals surface area contributed by atoms with Gasteiger partial charge in [-0.05, 0) is 38.3 Å². The minimum atomic E-state index is -1.55. The molecule has 0 aliphatic heterocycles. The molecular formula is C15H28KNO4. The van der Waals surface area contributed by atoms with Gasteiger partial charge in [-0.15, -0.1) is 0 Å². The molecule has 0 bridgehead atoms. The van der Waals surface area contributed by atoms with Gasteiger partial charge in [0, 0.05) is 0 Å². The van der Waals surface area contributed by atoms with Crippen LogP contribution < -0.4 is 61.6 Å². The van der Waals surface area contributed by atoms with Crippen molar-refractivity contribution in [3.63, 3.8) is 0 Å². The summed E-state index contributed by atoms with van der Waals surface area (Å²) in [6.45, 7) is 14.7. The zero-order valence-electron chi connectivity index (χ0n) is 14.2. The smallest absolute Gasteiger partial charge is 0.545 e. The van der Waals surface area contributed by atoms with Crippen molar-refractivity contribution in [2.75, 3.05) is 26.2 Å². The molecule has 6 heteroatoms. The van der Waals surface area contributed by atoms with Gasteiger partial charge >= 0.3 is 51.4 Å². The third-order valence-corrected chi connectivity index (χ3v) is 3.12. The van der Waals surface area contributed by atoms with Gasteiger partial charge in [-0.1, -0.05) is 20.8 Å². The Labute approximate surface area is 171 Å². The van der Waals surface area contributed by atoms with E-state index in [0.29, 0.717) is 12.2 Å². The first-order valence-electron chi connectivity index (χ1n) is 7.32. The van der Waals surface area contributed by atoms with E-state index in [1.54, 1.807) is 0 Å². The predicted molar refractivity (Wildman–Crippen MR) is 75.4 cm³/mol. The second-order valence-corrected chi connectivity index (χ2v) is 4.80. The molecule has 0 aliphatic rings. The van der Waals surface area contributed by atoms with Crippen molar-refractivity contribution in [2.45, 2.75) is 47.0 Å². The number of hydrogen-bond acceptors (Lipinski definition) is 4. The van der Waals surface area contributed by atoms with Crippen LogP contribution in [0.3, 0.4) is 0 Å². The molecule has 0 unspecified atom stereocenters. The molecule has 0 spiro atoms. The van der Waals surface area contributed by atoms with Crippen LogP contribution in [0.1, 0.15) is 47.0 Å². The van der Waals surface area contributed by atoms with Crippen molar-refractivity contribution in [2.24, 2.45) is 0 Å². The SMILES string of the molecule is CCC[N+](CC)(CCC)CCC.O=C([O-])/C=C\C(=O)[O-].[K+]. The van der Waals surface area contributed by atoms with Crippen LogP contribution in [0.2, 0.25) is 0 Å². The van der Waals surface area contributed by atoms with Gasteiger partial charge in [0.15, 0.2) is 0 Å². The summed E-state index contributed by atoms with van der Waals surface area (Å²) in [4.78, 5) is 18.8. The Morgan fingerprint density at radius 1 is 0.810 bits per heavy atom. The number of nitrogens with zero attached hydrogens (tertiary/aromatic N) is 1. The predicted octanol–water partition coefficient (Wildman–Crippen LogP) is -2.90. The molecule has 21 heavy (non-hydrogen) atoms. The van der Waals surface area contributed by atoms with Crippen LogP contribution in [0.25, 0.3) is 0 Å². The summed E-state index contributed by atoms with van der Waals surface area (Å²) in [6.07, 6.45) is 4.75. The Morgan fingerprint density at radius 3 is 1.24 bits per heavy atom. The van der Waals surface area contributed by atoms with Gasteiger partial charge in [0.25, 0.3) is 0 Å². The summed E-state index contributed by atoms with van der Waals surface area (Å²) in [5.41, 5.74) is 0. The van der Waals surface area contributed by atoms with Gasteiger partial charge in [-0.25, -0.2) is 0 Å². The first kappa shape index (κ1) is 26.2. The fourth-order valence-electron chi connectivity index (χ4n) is 2.37. The van der Waals surface area contributed by atoms with Crippen LogP contribution >= 0.6 is 0 Å². The molecule has 0 saturated heterocycles. The zero-order chi connectivity index (χ0) is 16.0. The maximum atomic E-state index is 9.41. The summed E-state index contributed by atoms with van der Waals surface area (Å²) in [5.74, 6) is -3.09. The summed E-state index contributed by atoms with van der Waals surface area (Å²) in [7, 11) is 0. The Hall–Kier alpha value is 0.276. The summed E-state index contributed by atoms with van der Waals surface area (Å²) in [5, 5.41) is 18.8. The van der Waals surface area contributed by atoms with Crippen LogP contribution in [-0.4, -0.2) is 42.6 Å². The van der Waals surface area contributed by atoms with Crippen LogP contribution in [0, 0.1) is 0 Å². The topological polar surface area (TPSA) is 80.3 Å².